The quantitative estimate of drug-likeness (QED) is 0.175. The zero-order chi connectivity index (χ0) is 40.8. The molecule has 0 radical (unpaired) electrons. The smallest absolute Gasteiger partial charge is 0.0601 e. The summed E-state index contributed by atoms with van der Waals surface area (Å²) < 4.78 is 0. The predicted molar refractivity (Wildman–Crippen MR) is 258 cm³/mol. The van der Waals surface area contributed by atoms with E-state index < -0.39 is 0 Å². The van der Waals surface area contributed by atoms with Gasteiger partial charge in [-0.3, -0.25) is 0 Å². The van der Waals surface area contributed by atoms with E-state index in [0.717, 1.165) is 6.42 Å². The zero-order valence-corrected chi connectivity index (χ0v) is 36.6. The molecule has 0 bridgehead atoms. The number of rotatable bonds is 4. The molecule has 0 aromatic heterocycles. The van der Waals surface area contributed by atoms with E-state index in [0.29, 0.717) is 0 Å². The molecule has 11 rings (SSSR count). The lowest BCUT2D eigenvalue weighted by Crippen LogP contribution is -2.40. The molecule has 8 aromatic rings. The molecule has 0 fully saturated rings. The highest BCUT2D eigenvalue weighted by molar-refractivity contribution is 8.00. The molecule has 3 aliphatic rings. The van der Waals surface area contributed by atoms with Gasteiger partial charge >= 0.3 is 0 Å². The van der Waals surface area contributed by atoms with Crippen LogP contribution in [0.1, 0.15) is 39.8 Å². The number of benzene rings is 8. The summed E-state index contributed by atoms with van der Waals surface area (Å²) in [6.07, 6.45) is 6.06. The van der Waals surface area contributed by atoms with Crippen LogP contribution in [0.3, 0.4) is 0 Å². The normalized spacial score (nSPS) is 15.0. The van der Waals surface area contributed by atoms with E-state index >= 15 is 0 Å². The monoisotopic (exact) mass is 810 g/mol. The average Bonchev–Trinajstić information content (AvgIpc) is 3.26. The first-order valence-corrected chi connectivity index (χ1v) is 22.7. The van der Waals surface area contributed by atoms with Crippen LogP contribution >= 0.6 is 23.5 Å². The first-order chi connectivity index (χ1) is 29.2. The molecule has 2 aliphatic heterocycles. The van der Waals surface area contributed by atoms with E-state index in [1.54, 1.807) is 0 Å². The Kier molecular flexibility index (Phi) is 8.88. The number of hydrogen-bond donors (Lipinski definition) is 0. The molecule has 2 nitrogen and oxygen atoms in total. The molecule has 0 saturated carbocycles. The summed E-state index contributed by atoms with van der Waals surface area (Å²) in [5.74, 6) is 0. The van der Waals surface area contributed by atoms with Crippen LogP contribution in [-0.2, 0) is 0 Å². The Hall–Kier alpha value is -5.94. The number of hydrogen-bond acceptors (Lipinski definition) is 4. The summed E-state index contributed by atoms with van der Waals surface area (Å²) in [5, 5.41) is 5.20. The second-order valence-corrected chi connectivity index (χ2v) is 18.9. The highest BCUT2D eigenvalue weighted by atomic mass is 32.2. The van der Waals surface area contributed by atoms with Crippen LogP contribution in [0.15, 0.2) is 159 Å². The van der Waals surface area contributed by atoms with Crippen LogP contribution in [-0.4, -0.2) is 6.04 Å². The van der Waals surface area contributed by atoms with Crippen molar-refractivity contribution in [3.8, 4) is 22.3 Å². The Labute approximate surface area is 361 Å². The topological polar surface area (TPSA) is 6.48 Å². The molecule has 8 aromatic carbocycles. The van der Waals surface area contributed by atoms with E-state index in [-0.39, 0.29) is 6.04 Å². The average molecular weight is 811 g/mol. The minimum Gasteiger partial charge on any atom is -0.332 e. The SMILES string of the molecule is Cc1cc(-c2c3c(c(-c4cc(C)c(C)c(C)c4)c4cc(N5c6ccccc6Sc6ccccc65)ccc24)=CCC(N2c4ccccc4Sc4ccccc42)C=3)cc(C)c1C. The van der Waals surface area contributed by atoms with Gasteiger partial charge in [0.2, 0.25) is 0 Å². The van der Waals surface area contributed by atoms with Gasteiger partial charge in [0, 0.05) is 25.3 Å². The summed E-state index contributed by atoms with van der Waals surface area (Å²) in [6.45, 7) is 13.6. The van der Waals surface area contributed by atoms with Gasteiger partial charge in [0.15, 0.2) is 0 Å². The molecule has 0 spiro atoms. The van der Waals surface area contributed by atoms with Gasteiger partial charge in [0.1, 0.15) is 0 Å². The summed E-state index contributed by atoms with van der Waals surface area (Å²) in [4.78, 5) is 10.2. The van der Waals surface area contributed by atoms with Crippen molar-refractivity contribution in [3.05, 3.63) is 183 Å². The van der Waals surface area contributed by atoms with E-state index in [4.69, 9.17) is 0 Å². The fourth-order valence-electron chi connectivity index (χ4n) is 9.78. The molecule has 0 saturated heterocycles. The second-order valence-electron chi connectivity index (χ2n) is 16.7. The molecule has 2 heterocycles. The third-order valence-corrected chi connectivity index (χ3v) is 15.5. The lowest BCUT2D eigenvalue weighted by atomic mass is 9.83. The first-order valence-electron chi connectivity index (χ1n) is 21.0. The Morgan fingerprint density at radius 1 is 0.450 bits per heavy atom. The summed E-state index contributed by atoms with van der Waals surface area (Å²) in [5.41, 5.74) is 19.3. The van der Waals surface area contributed by atoms with Crippen LogP contribution in [0.4, 0.5) is 28.4 Å². The Bertz CT molecular complexity index is 3100. The molecular weight excluding hydrogens is 765 g/mol. The van der Waals surface area contributed by atoms with E-state index in [1.807, 2.05) is 23.5 Å². The lowest BCUT2D eigenvalue weighted by molar-refractivity contribution is 0.819. The van der Waals surface area contributed by atoms with Gasteiger partial charge < -0.3 is 9.80 Å². The number of para-hydroxylation sites is 4. The second kappa shape index (κ2) is 14.4. The highest BCUT2D eigenvalue weighted by Gasteiger charge is 2.31. The Morgan fingerprint density at radius 2 is 0.883 bits per heavy atom. The Morgan fingerprint density at radius 3 is 1.38 bits per heavy atom. The van der Waals surface area contributed by atoms with Crippen molar-refractivity contribution < 1.29 is 0 Å². The molecule has 1 aliphatic carbocycles. The molecular formula is C56H46N2S2. The van der Waals surface area contributed by atoms with Crippen molar-refractivity contribution in [2.45, 2.75) is 73.6 Å². The van der Waals surface area contributed by atoms with Gasteiger partial charge in [-0.25, -0.2) is 0 Å². The van der Waals surface area contributed by atoms with Gasteiger partial charge in [-0.05, 0) is 185 Å². The number of fused-ring (bicyclic) bond motifs is 6. The molecule has 4 heteroatoms. The van der Waals surface area contributed by atoms with E-state index in [9.17, 15) is 0 Å². The fourth-order valence-corrected chi connectivity index (χ4v) is 11.9. The lowest BCUT2D eigenvalue weighted by Gasteiger charge is -2.38. The first kappa shape index (κ1) is 37.1. The van der Waals surface area contributed by atoms with Crippen molar-refractivity contribution in [3.63, 3.8) is 0 Å². The van der Waals surface area contributed by atoms with Crippen LogP contribution in [0.2, 0.25) is 0 Å². The maximum absolute atomic E-state index is 2.61. The molecule has 292 valence electrons. The summed E-state index contributed by atoms with van der Waals surface area (Å²) in [6, 6.07) is 52.7. The van der Waals surface area contributed by atoms with E-state index in [2.05, 4.69) is 203 Å². The van der Waals surface area contributed by atoms with E-state index in [1.165, 1.54) is 125 Å². The van der Waals surface area contributed by atoms with Gasteiger partial charge in [-0.15, -0.1) is 0 Å². The fraction of sp³-hybridized carbons (Fsp3) is 0.143. The zero-order valence-electron chi connectivity index (χ0n) is 34.9. The third-order valence-electron chi connectivity index (χ3n) is 13.2. The standard InChI is InChI=1S/C56H46N2S2/c1-33-27-39(28-34(2)37(33)5)55-43-25-23-42(58-49-17-9-13-21-53(49)60-54-22-14-10-18-50(54)58)32-46(43)56(40-29-35(3)38(6)36(4)30-40)44-26-24-41(31-45(44)55)57-47-15-7-11-19-51(47)59-52-20-12-8-16-48(52)57/h7-23,25-32,41H,24H2,1-6H3. The highest BCUT2D eigenvalue weighted by Crippen LogP contribution is 2.53. The maximum Gasteiger partial charge on any atom is 0.0601 e. The molecule has 0 N–H and O–H groups in total. The predicted octanol–water partition coefficient (Wildman–Crippen LogP) is 14.6. The van der Waals surface area contributed by atoms with Crippen LogP contribution in [0, 0.1) is 41.5 Å². The van der Waals surface area contributed by atoms with Crippen molar-refractivity contribution in [1.29, 1.82) is 0 Å². The third kappa shape index (κ3) is 5.87. The van der Waals surface area contributed by atoms with Gasteiger partial charge in [0.05, 0.1) is 28.8 Å². The van der Waals surface area contributed by atoms with Gasteiger partial charge in [-0.2, -0.15) is 0 Å². The van der Waals surface area contributed by atoms with Crippen molar-refractivity contribution in [2.75, 3.05) is 9.80 Å². The molecule has 0 amide bonds. The van der Waals surface area contributed by atoms with Crippen LogP contribution in [0.5, 0.6) is 0 Å². The van der Waals surface area contributed by atoms with Gasteiger partial charge in [0.25, 0.3) is 0 Å². The molecule has 60 heavy (non-hydrogen) atoms. The largest absolute Gasteiger partial charge is 0.332 e. The summed E-state index contributed by atoms with van der Waals surface area (Å²) in [7, 11) is 0. The van der Waals surface area contributed by atoms with Crippen LogP contribution < -0.4 is 20.2 Å². The molecule has 1 unspecified atom stereocenters. The number of nitrogens with zero attached hydrogens (tertiary/aromatic N) is 2. The summed E-state index contributed by atoms with van der Waals surface area (Å²) >= 11 is 3.74. The van der Waals surface area contributed by atoms with Crippen molar-refractivity contribution >= 4 is 74.9 Å². The van der Waals surface area contributed by atoms with Gasteiger partial charge in [-0.1, -0.05) is 115 Å². The minimum atomic E-state index is 0.122. The Balaban J connectivity index is 1.25. The number of anilines is 5. The molecule has 1 atom stereocenters. The van der Waals surface area contributed by atoms with Crippen LogP contribution in [0.25, 0.3) is 45.2 Å². The van der Waals surface area contributed by atoms with Crippen molar-refractivity contribution in [2.24, 2.45) is 0 Å². The van der Waals surface area contributed by atoms with Crippen molar-refractivity contribution in [1.82, 2.24) is 0 Å². The number of aryl methyl sites for hydroxylation is 4. The minimum absolute atomic E-state index is 0.122. The maximum atomic E-state index is 2.61.